The number of nitrogens with zero attached hydrogens (tertiary/aromatic N) is 3. The van der Waals surface area contributed by atoms with E-state index >= 15 is 0 Å². The Morgan fingerprint density at radius 1 is 1.36 bits per heavy atom. The molecule has 6 nitrogen and oxygen atoms in total. The standard InChI is InChI=1S/C18H22N4O2S/c1-3-5-14-11-16(24)22-18(19-14)25-17(21-22)20-15(8-9-23)13-7-4-6-12(2)10-13/h4,6-7,10-11,15,23H,3,5,8-9H2,1-2H3,(H,20,21). The second-order valence-electron chi connectivity index (χ2n) is 6.06. The Kier molecular flexibility index (Phi) is 5.45. The van der Waals surface area contributed by atoms with E-state index in [1.165, 1.54) is 15.9 Å². The lowest BCUT2D eigenvalue weighted by Crippen LogP contribution is -2.16. The molecule has 0 aliphatic heterocycles. The molecule has 2 aromatic heterocycles. The van der Waals surface area contributed by atoms with Crippen molar-refractivity contribution in [3.05, 3.63) is 57.5 Å². The first-order valence-corrected chi connectivity index (χ1v) is 9.26. The molecule has 2 heterocycles. The fourth-order valence-electron chi connectivity index (χ4n) is 2.79. The van der Waals surface area contributed by atoms with Gasteiger partial charge in [0.1, 0.15) is 0 Å². The number of aliphatic hydroxyl groups excluding tert-OH is 1. The van der Waals surface area contributed by atoms with Gasteiger partial charge in [0.2, 0.25) is 10.1 Å². The van der Waals surface area contributed by atoms with Crippen LogP contribution in [0.25, 0.3) is 4.96 Å². The Bertz CT molecular complexity index is 919. The molecule has 1 unspecified atom stereocenters. The minimum absolute atomic E-state index is 0.0648. The molecule has 25 heavy (non-hydrogen) atoms. The van der Waals surface area contributed by atoms with Crippen LogP contribution < -0.4 is 10.9 Å². The van der Waals surface area contributed by atoms with Crippen molar-refractivity contribution in [2.24, 2.45) is 0 Å². The van der Waals surface area contributed by atoms with Gasteiger partial charge in [-0.1, -0.05) is 54.5 Å². The molecule has 1 atom stereocenters. The van der Waals surface area contributed by atoms with Gasteiger partial charge in [0.05, 0.1) is 6.04 Å². The first-order chi connectivity index (χ1) is 12.1. The van der Waals surface area contributed by atoms with Crippen molar-refractivity contribution in [3.8, 4) is 0 Å². The van der Waals surface area contributed by atoms with Gasteiger partial charge in [-0.05, 0) is 25.3 Å². The van der Waals surface area contributed by atoms with Gasteiger partial charge in [0.25, 0.3) is 5.56 Å². The van der Waals surface area contributed by atoms with E-state index in [0.29, 0.717) is 16.5 Å². The minimum Gasteiger partial charge on any atom is -0.396 e. The topological polar surface area (TPSA) is 79.5 Å². The smallest absolute Gasteiger partial charge is 0.275 e. The van der Waals surface area contributed by atoms with Gasteiger partial charge in [-0.15, -0.1) is 5.10 Å². The van der Waals surface area contributed by atoms with Gasteiger partial charge < -0.3 is 10.4 Å². The van der Waals surface area contributed by atoms with Gasteiger partial charge in [0, 0.05) is 18.4 Å². The lowest BCUT2D eigenvalue weighted by atomic mass is 10.0. The Balaban J connectivity index is 1.92. The Hall–Kier alpha value is -2.25. The lowest BCUT2D eigenvalue weighted by molar-refractivity contribution is 0.280. The van der Waals surface area contributed by atoms with Crippen LogP contribution in [-0.4, -0.2) is 26.3 Å². The molecule has 1 aromatic carbocycles. The molecular formula is C18H22N4O2S. The number of hydrogen-bond donors (Lipinski definition) is 2. The predicted octanol–water partition coefficient (Wildman–Crippen LogP) is 2.95. The highest BCUT2D eigenvalue weighted by Gasteiger charge is 2.15. The second-order valence-corrected chi connectivity index (χ2v) is 7.02. The van der Waals surface area contributed by atoms with E-state index in [1.54, 1.807) is 6.07 Å². The van der Waals surface area contributed by atoms with E-state index in [9.17, 15) is 9.90 Å². The van der Waals surface area contributed by atoms with E-state index in [-0.39, 0.29) is 18.2 Å². The lowest BCUT2D eigenvalue weighted by Gasteiger charge is -2.17. The van der Waals surface area contributed by atoms with Crippen LogP contribution in [0.5, 0.6) is 0 Å². The number of nitrogens with one attached hydrogen (secondary N) is 1. The van der Waals surface area contributed by atoms with Crippen LogP contribution in [0.3, 0.4) is 0 Å². The van der Waals surface area contributed by atoms with E-state index in [2.05, 4.69) is 28.4 Å². The largest absolute Gasteiger partial charge is 0.396 e. The molecule has 0 fully saturated rings. The molecule has 2 N–H and O–H groups in total. The summed E-state index contributed by atoms with van der Waals surface area (Å²) in [6.07, 6.45) is 2.28. The van der Waals surface area contributed by atoms with Crippen LogP contribution in [0.2, 0.25) is 0 Å². The van der Waals surface area contributed by atoms with Crippen molar-refractivity contribution in [2.45, 2.75) is 39.2 Å². The third kappa shape index (κ3) is 4.05. The maximum absolute atomic E-state index is 12.2. The van der Waals surface area contributed by atoms with Crippen molar-refractivity contribution in [1.82, 2.24) is 14.6 Å². The summed E-state index contributed by atoms with van der Waals surface area (Å²) in [5.41, 5.74) is 2.88. The van der Waals surface area contributed by atoms with Crippen molar-refractivity contribution in [3.63, 3.8) is 0 Å². The van der Waals surface area contributed by atoms with E-state index in [4.69, 9.17) is 0 Å². The summed E-state index contributed by atoms with van der Waals surface area (Å²) in [7, 11) is 0. The van der Waals surface area contributed by atoms with Crippen LogP contribution in [0.1, 0.15) is 42.6 Å². The summed E-state index contributed by atoms with van der Waals surface area (Å²) < 4.78 is 1.33. The fourth-order valence-corrected chi connectivity index (χ4v) is 3.66. The molecular weight excluding hydrogens is 336 g/mol. The predicted molar refractivity (Wildman–Crippen MR) is 100 cm³/mol. The SMILES string of the molecule is CCCc1cc(=O)n2nc(NC(CCO)c3cccc(C)c3)sc2n1. The highest BCUT2D eigenvalue weighted by atomic mass is 32.1. The number of fused-ring (bicyclic) bond motifs is 1. The summed E-state index contributed by atoms with van der Waals surface area (Å²) in [5.74, 6) is 0. The molecule has 0 amide bonds. The average Bonchev–Trinajstić information content (AvgIpc) is 2.98. The van der Waals surface area contributed by atoms with E-state index in [0.717, 1.165) is 29.7 Å². The van der Waals surface area contributed by atoms with E-state index < -0.39 is 0 Å². The maximum atomic E-state index is 12.2. The van der Waals surface area contributed by atoms with Crippen LogP contribution in [0.15, 0.2) is 35.1 Å². The van der Waals surface area contributed by atoms with Crippen LogP contribution in [-0.2, 0) is 6.42 Å². The number of aromatic nitrogens is 3. The monoisotopic (exact) mass is 358 g/mol. The highest BCUT2D eigenvalue weighted by molar-refractivity contribution is 7.20. The third-order valence-electron chi connectivity index (χ3n) is 3.96. The average molecular weight is 358 g/mol. The highest BCUT2D eigenvalue weighted by Crippen LogP contribution is 2.26. The molecule has 0 saturated heterocycles. The number of aliphatic hydroxyl groups is 1. The number of benzene rings is 1. The molecule has 0 aliphatic carbocycles. The van der Waals surface area contributed by atoms with Gasteiger partial charge in [-0.2, -0.15) is 4.52 Å². The van der Waals surface area contributed by atoms with Gasteiger partial charge in [-0.3, -0.25) is 4.79 Å². The van der Waals surface area contributed by atoms with Crippen LogP contribution >= 0.6 is 11.3 Å². The molecule has 132 valence electrons. The van der Waals surface area contributed by atoms with Gasteiger partial charge in [-0.25, -0.2) is 4.98 Å². The summed E-state index contributed by atoms with van der Waals surface area (Å²) in [6.45, 7) is 4.16. The summed E-state index contributed by atoms with van der Waals surface area (Å²) >= 11 is 1.35. The van der Waals surface area contributed by atoms with Crippen LogP contribution in [0.4, 0.5) is 5.13 Å². The molecule has 7 heteroatoms. The Labute approximate surface area is 150 Å². The third-order valence-corrected chi connectivity index (χ3v) is 4.80. The molecule has 3 rings (SSSR count). The second kappa shape index (κ2) is 7.76. The quantitative estimate of drug-likeness (QED) is 0.679. The number of anilines is 1. The zero-order valence-corrected chi connectivity index (χ0v) is 15.2. The summed E-state index contributed by atoms with van der Waals surface area (Å²) in [6, 6.07) is 9.62. The number of aryl methyl sites for hydroxylation is 2. The maximum Gasteiger partial charge on any atom is 0.275 e. The van der Waals surface area contributed by atoms with Gasteiger partial charge in [0.15, 0.2) is 0 Å². The van der Waals surface area contributed by atoms with Gasteiger partial charge >= 0.3 is 0 Å². The van der Waals surface area contributed by atoms with E-state index in [1.807, 2.05) is 25.1 Å². The minimum atomic E-state index is -0.160. The molecule has 0 radical (unpaired) electrons. The molecule has 3 aromatic rings. The molecule has 0 spiro atoms. The van der Waals surface area contributed by atoms with Crippen molar-refractivity contribution in [1.29, 1.82) is 0 Å². The Morgan fingerprint density at radius 3 is 2.92 bits per heavy atom. The summed E-state index contributed by atoms with van der Waals surface area (Å²) in [5, 5.41) is 17.7. The first kappa shape index (κ1) is 17.6. The number of rotatable bonds is 7. The fraction of sp³-hybridized carbons (Fsp3) is 0.389. The first-order valence-electron chi connectivity index (χ1n) is 8.44. The zero-order valence-electron chi connectivity index (χ0n) is 14.4. The van der Waals surface area contributed by atoms with Crippen molar-refractivity contribution in [2.75, 3.05) is 11.9 Å². The molecule has 0 bridgehead atoms. The van der Waals surface area contributed by atoms with Crippen molar-refractivity contribution >= 4 is 21.4 Å². The zero-order chi connectivity index (χ0) is 17.8. The molecule has 0 saturated carbocycles. The number of hydrogen-bond acceptors (Lipinski definition) is 6. The van der Waals surface area contributed by atoms with Crippen molar-refractivity contribution < 1.29 is 5.11 Å². The van der Waals surface area contributed by atoms with Crippen LogP contribution in [0, 0.1) is 6.92 Å². The molecule has 0 aliphatic rings. The normalized spacial score (nSPS) is 12.4. The summed E-state index contributed by atoms with van der Waals surface area (Å²) in [4.78, 5) is 17.3. The Morgan fingerprint density at radius 2 is 2.20 bits per heavy atom.